The predicted octanol–water partition coefficient (Wildman–Crippen LogP) is 3.98. The largest absolute Gasteiger partial charge is 0.418 e. The van der Waals surface area contributed by atoms with Gasteiger partial charge in [0.05, 0.1) is 11.3 Å². The normalized spacial score (nSPS) is 11.1. The van der Waals surface area contributed by atoms with Crippen LogP contribution in [0.1, 0.15) is 27.9 Å². The molecule has 2 rings (SSSR count). The van der Waals surface area contributed by atoms with Gasteiger partial charge in [-0.25, -0.2) is 0 Å². The molecule has 0 aromatic heterocycles. The quantitative estimate of drug-likeness (QED) is 0.873. The lowest BCUT2D eigenvalue weighted by atomic mass is 10.1. The predicted molar refractivity (Wildman–Crippen MR) is 92.9 cm³/mol. The number of hydrogen-bond acceptors (Lipinski definition) is 2. The van der Waals surface area contributed by atoms with Crippen LogP contribution >= 0.6 is 0 Å². The van der Waals surface area contributed by atoms with Crippen LogP contribution in [0.2, 0.25) is 0 Å². The van der Waals surface area contributed by atoms with Crippen molar-refractivity contribution in [1.82, 2.24) is 4.90 Å². The molecule has 26 heavy (non-hydrogen) atoms. The van der Waals surface area contributed by atoms with Crippen LogP contribution in [0.3, 0.4) is 0 Å². The number of alkyl halides is 3. The Balaban J connectivity index is 1.97. The van der Waals surface area contributed by atoms with E-state index in [1.807, 2.05) is 0 Å². The highest BCUT2D eigenvalue weighted by Gasteiger charge is 2.33. The number of para-hydroxylation sites is 1. The average Bonchev–Trinajstić information content (AvgIpc) is 2.59. The highest BCUT2D eigenvalue weighted by atomic mass is 19.4. The van der Waals surface area contributed by atoms with Crippen LogP contribution in [0.15, 0.2) is 48.5 Å². The molecule has 0 saturated carbocycles. The lowest BCUT2D eigenvalue weighted by Crippen LogP contribution is -2.21. The van der Waals surface area contributed by atoms with Gasteiger partial charge in [0, 0.05) is 26.1 Å². The third-order valence-corrected chi connectivity index (χ3v) is 3.75. The first kappa shape index (κ1) is 19.5. The molecule has 4 nitrogen and oxygen atoms in total. The Hall–Kier alpha value is -2.83. The Morgan fingerprint density at radius 2 is 1.62 bits per heavy atom. The summed E-state index contributed by atoms with van der Waals surface area (Å²) < 4.78 is 38.8. The molecular weight excluding hydrogens is 345 g/mol. The molecule has 7 heteroatoms. The zero-order valence-electron chi connectivity index (χ0n) is 14.4. The lowest BCUT2D eigenvalue weighted by molar-refractivity contribution is -0.137. The standard InChI is InChI=1S/C19H19F3N2O2/c1-24(2)18(26)14-10-7-13(8-11-14)9-12-17(25)23-16-6-4-3-5-15(16)19(20,21)22/h3-8,10-11H,9,12H2,1-2H3,(H,23,25). The number of amides is 2. The molecule has 1 N–H and O–H groups in total. The molecule has 2 amide bonds. The van der Waals surface area contributed by atoms with Gasteiger partial charge in [-0.2, -0.15) is 13.2 Å². The Morgan fingerprint density at radius 3 is 2.19 bits per heavy atom. The minimum Gasteiger partial charge on any atom is -0.345 e. The van der Waals surface area contributed by atoms with Gasteiger partial charge in [0.2, 0.25) is 5.91 Å². The minimum absolute atomic E-state index is 0.0349. The van der Waals surface area contributed by atoms with E-state index < -0.39 is 17.6 Å². The highest BCUT2D eigenvalue weighted by Crippen LogP contribution is 2.34. The maximum atomic E-state index is 12.9. The number of rotatable bonds is 5. The molecule has 0 bridgehead atoms. The van der Waals surface area contributed by atoms with Crippen LogP contribution in [-0.2, 0) is 17.4 Å². The van der Waals surface area contributed by atoms with Crippen molar-refractivity contribution in [3.8, 4) is 0 Å². The fraction of sp³-hybridized carbons (Fsp3) is 0.263. The van der Waals surface area contributed by atoms with Crippen molar-refractivity contribution >= 4 is 17.5 Å². The zero-order valence-corrected chi connectivity index (χ0v) is 14.4. The van der Waals surface area contributed by atoms with Gasteiger partial charge in [0.1, 0.15) is 0 Å². The number of halogens is 3. The van der Waals surface area contributed by atoms with Crippen molar-refractivity contribution in [2.45, 2.75) is 19.0 Å². The Kier molecular flexibility index (Phi) is 6.02. The minimum atomic E-state index is -4.53. The molecule has 0 radical (unpaired) electrons. The summed E-state index contributed by atoms with van der Waals surface area (Å²) in [7, 11) is 3.30. The number of hydrogen-bond donors (Lipinski definition) is 1. The number of aryl methyl sites for hydroxylation is 1. The van der Waals surface area contributed by atoms with Crippen molar-refractivity contribution in [3.05, 3.63) is 65.2 Å². The number of nitrogens with one attached hydrogen (secondary N) is 1. The van der Waals surface area contributed by atoms with E-state index in [0.717, 1.165) is 11.6 Å². The molecule has 0 fully saturated rings. The van der Waals surface area contributed by atoms with E-state index in [2.05, 4.69) is 5.32 Å². The number of carbonyl (C=O) groups excluding carboxylic acids is 2. The lowest BCUT2D eigenvalue weighted by Gasteiger charge is -2.13. The van der Waals surface area contributed by atoms with Crippen LogP contribution in [0, 0.1) is 0 Å². The first-order chi connectivity index (χ1) is 12.2. The second-order valence-corrected chi connectivity index (χ2v) is 5.99. The van der Waals surface area contributed by atoms with E-state index in [1.165, 1.54) is 23.1 Å². The first-order valence-corrected chi connectivity index (χ1v) is 7.95. The Labute approximate surface area is 149 Å². The van der Waals surface area contributed by atoms with Crippen LogP contribution in [0.5, 0.6) is 0 Å². The summed E-state index contributed by atoms with van der Waals surface area (Å²) in [6.45, 7) is 0. The number of benzene rings is 2. The van der Waals surface area contributed by atoms with Crippen molar-refractivity contribution in [3.63, 3.8) is 0 Å². The van der Waals surface area contributed by atoms with Gasteiger partial charge in [-0.15, -0.1) is 0 Å². The van der Waals surface area contributed by atoms with Crippen LogP contribution < -0.4 is 5.32 Å². The summed E-state index contributed by atoms with van der Waals surface area (Å²) in [5, 5.41) is 2.31. The van der Waals surface area contributed by atoms with Crippen molar-refractivity contribution in [1.29, 1.82) is 0 Å². The molecule has 2 aromatic carbocycles. The van der Waals surface area contributed by atoms with Crippen molar-refractivity contribution in [2.24, 2.45) is 0 Å². The topological polar surface area (TPSA) is 49.4 Å². The van der Waals surface area contributed by atoms with Crippen molar-refractivity contribution in [2.75, 3.05) is 19.4 Å². The van der Waals surface area contributed by atoms with Gasteiger partial charge in [0.25, 0.3) is 5.91 Å². The maximum absolute atomic E-state index is 12.9. The molecule has 0 aliphatic rings. The van der Waals surface area contributed by atoms with Gasteiger partial charge < -0.3 is 10.2 Å². The van der Waals surface area contributed by atoms with E-state index in [-0.39, 0.29) is 18.0 Å². The average molecular weight is 364 g/mol. The monoisotopic (exact) mass is 364 g/mol. The molecule has 0 heterocycles. The molecule has 0 aliphatic carbocycles. The molecule has 0 aliphatic heterocycles. The van der Waals surface area contributed by atoms with E-state index in [1.54, 1.807) is 38.4 Å². The Morgan fingerprint density at radius 1 is 1.00 bits per heavy atom. The van der Waals surface area contributed by atoms with Crippen LogP contribution in [-0.4, -0.2) is 30.8 Å². The third kappa shape index (κ3) is 5.08. The molecule has 0 atom stereocenters. The number of anilines is 1. The van der Waals surface area contributed by atoms with Gasteiger partial charge >= 0.3 is 6.18 Å². The smallest absolute Gasteiger partial charge is 0.345 e. The van der Waals surface area contributed by atoms with E-state index in [9.17, 15) is 22.8 Å². The summed E-state index contributed by atoms with van der Waals surface area (Å²) in [5.74, 6) is -0.631. The van der Waals surface area contributed by atoms with E-state index in [4.69, 9.17) is 0 Å². The fourth-order valence-corrected chi connectivity index (χ4v) is 2.38. The fourth-order valence-electron chi connectivity index (χ4n) is 2.38. The Bertz CT molecular complexity index is 784. The SMILES string of the molecule is CN(C)C(=O)c1ccc(CCC(=O)Nc2ccccc2C(F)(F)F)cc1. The summed E-state index contributed by atoms with van der Waals surface area (Å²) in [6.07, 6.45) is -4.14. The van der Waals surface area contributed by atoms with Crippen LogP contribution in [0.25, 0.3) is 0 Å². The summed E-state index contributed by atoms with van der Waals surface area (Å²) in [5.41, 5.74) is 0.221. The molecule has 138 valence electrons. The van der Waals surface area contributed by atoms with Gasteiger partial charge in [-0.05, 0) is 36.2 Å². The molecule has 0 saturated heterocycles. The van der Waals surface area contributed by atoms with Gasteiger partial charge in [-0.1, -0.05) is 24.3 Å². The van der Waals surface area contributed by atoms with E-state index >= 15 is 0 Å². The first-order valence-electron chi connectivity index (χ1n) is 7.95. The summed E-state index contributed by atoms with van der Waals surface area (Å²) in [4.78, 5) is 25.3. The van der Waals surface area contributed by atoms with Crippen molar-refractivity contribution < 1.29 is 22.8 Å². The van der Waals surface area contributed by atoms with E-state index in [0.29, 0.717) is 12.0 Å². The van der Waals surface area contributed by atoms with Gasteiger partial charge in [-0.3, -0.25) is 9.59 Å². The molecule has 2 aromatic rings. The van der Waals surface area contributed by atoms with Crippen LogP contribution in [0.4, 0.5) is 18.9 Å². The molecule has 0 spiro atoms. The third-order valence-electron chi connectivity index (χ3n) is 3.75. The zero-order chi connectivity index (χ0) is 19.3. The second-order valence-electron chi connectivity index (χ2n) is 5.99. The molecular formula is C19H19F3N2O2. The highest BCUT2D eigenvalue weighted by molar-refractivity contribution is 5.94. The second kappa shape index (κ2) is 8.03. The molecule has 0 unspecified atom stereocenters. The maximum Gasteiger partial charge on any atom is 0.418 e. The number of nitrogens with zero attached hydrogens (tertiary/aromatic N) is 1. The summed E-state index contributed by atoms with van der Waals surface area (Å²) >= 11 is 0. The summed E-state index contributed by atoms with van der Waals surface area (Å²) in [6, 6.07) is 11.6. The van der Waals surface area contributed by atoms with Gasteiger partial charge in [0.15, 0.2) is 0 Å². The number of carbonyl (C=O) groups is 2.